The monoisotopic (exact) mass is 331 g/mol. The van der Waals surface area contributed by atoms with E-state index in [9.17, 15) is 9.59 Å². The largest absolute Gasteiger partial charge is 0.481 e. The van der Waals surface area contributed by atoms with Crippen LogP contribution in [0.25, 0.3) is 22.5 Å². The third-order valence-electron chi connectivity index (χ3n) is 3.32. The van der Waals surface area contributed by atoms with Crippen molar-refractivity contribution < 1.29 is 23.4 Å². The zero-order valence-corrected chi connectivity index (χ0v) is 13.1. The molecular weight excluding hydrogens is 318 g/mol. The Hall–Kier alpha value is -3.36. The molecule has 3 aromatic rings. The lowest BCUT2D eigenvalue weighted by Gasteiger charge is -2.10. The number of aromatic amines is 1. The van der Waals surface area contributed by atoms with E-state index in [1.54, 1.807) is 6.07 Å². The molecule has 24 heavy (non-hydrogen) atoms. The number of nitrogens with one attached hydrogen (secondary N) is 1. The third-order valence-corrected chi connectivity index (χ3v) is 3.32. The van der Waals surface area contributed by atoms with Crippen LogP contribution < -0.4 is 15.2 Å². The maximum absolute atomic E-state index is 12.2. The number of benzene rings is 1. The number of oxazole rings is 1. The topological polar surface area (TPSA) is 117 Å². The number of aromatic nitrogens is 3. The molecule has 124 valence electrons. The first kappa shape index (κ1) is 15.5. The van der Waals surface area contributed by atoms with Crippen LogP contribution in [0.1, 0.15) is 10.4 Å². The Kier molecular flexibility index (Phi) is 3.90. The molecule has 0 unspecified atom stereocenters. The molecule has 0 aliphatic heterocycles. The summed E-state index contributed by atoms with van der Waals surface area (Å²) in [5.41, 5.74) is 0.841. The average molecular weight is 331 g/mol. The second-order valence-electron chi connectivity index (χ2n) is 4.64. The number of hydrogen-bond acceptors (Lipinski definition) is 8. The Balaban J connectivity index is 2.33. The van der Waals surface area contributed by atoms with E-state index in [1.807, 2.05) is 0 Å². The zero-order valence-electron chi connectivity index (χ0n) is 13.1. The van der Waals surface area contributed by atoms with Crippen LogP contribution in [0.2, 0.25) is 0 Å². The fourth-order valence-corrected chi connectivity index (χ4v) is 2.25. The highest BCUT2D eigenvalue weighted by molar-refractivity contribution is 6.07. The number of hydrogen-bond donors (Lipinski definition) is 1. The predicted molar refractivity (Wildman–Crippen MR) is 82.3 cm³/mol. The predicted octanol–water partition coefficient (Wildman–Crippen LogP) is 1.38. The molecule has 1 aromatic carbocycles. The van der Waals surface area contributed by atoms with Gasteiger partial charge in [-0.25, -0.2) is 9.59 Å². The minimum atomic E-state index is -0.684. The minimum Gasteiger partial charge on any atom is -0.481 e. The van der Waals surface area contributed by atoms with Crippen LogP contribution in [0.4, 0.5) is 0 Å². The molecule has 0 spiro atoms. The number of nitrogens with zero attached hydrogens (tertiary/aromatic N) is 2. The molecule has 0 aliphatic carbocycles. The van der Waals surface area contributed by atoms with Gasteiger partial charge in [0.2, 0.25) is 11.8 Å². The van der Waals surface area contributed by atoms with E-state index in [0.29, 0.717) is 5.56 Å². The lowest BCUT2D eigenvalue weighted by Crippen LogP contribution is -2.07. The molecule has 9 heteroatoms. The minimum absolute atomic E-state index is 0.0798. The molecule has 0 fully saturated rings. The van der Waals surface area contributed by atoms with Crippen molar-refractivity contribution in [1.82, 2.24) is 15.0 Å². The van der Waals surface area contributed by atoms with Crippen LogP contribution in [0.5, 0.6) is 11.8 Å². The molecule has 0 saturated heterocycles. The molecule has 0 aliphatic rings. The summed E-state index contributed by atoms with van der Waals surface area (Å²) in [6.45, 7) is 0. The van der Waals surface area contributed by atoms with Gasteiger partial charge in [-0.1, -0.05) is 0 Å². The summed E-state index contributed by atoms with van der Waals surface area (Å²) in [5, 5.41) is 0. The summed E-state index contributed by atoms with van der Waals surface area (Å²) in [7, 11) is 4.13. The SMILES string of the molecule is COC(=O)c1c(-c2nc(OC)cc(OC)n2)ccc2oc(=O)[nH]c12. The maximum Gasteiger partial charge on any atom is 0.417 e. The number of H-pyrrole nitrogens is 1. The van der Waals surface area contributed by atoms with Crippen LogP contribution in [0.15, 0.2) is 27.4 Å². The van der Waals surface area contributed by atoms with Gasteiger partial charge in [0.05, 0.1) is 33.0 Å². The van der Waals surface area contributed by atoms with Crippen LogP contribution in [-0.2, 0) is 4.74 Å². The Morgan fingerprint density at radius 1 is 1.12 bits per heavy atom. The number of carbonyl (C=O) groups is 1. The average Bonchev–Trinajstić information content (AvgIpc) is 2.99. The first-order valence-corrected chi connectivity index (χ1v) is 6.79. The van der Waals surface area contributed by atoms with Gasteiger partial charge in [0.15, 0.2) is 11.4 Å². The molecule has 2 heterocycles. The van der Waals surface area contributed by atoms with Gasteiger partial charge in [-0.15, -0.1) is 0 Å². The van der Waals surface area contributed by atoms with Crippen molar-refractivity contribution in [3.8, 4) is 23.1 Å². The molecule has 1 N–H and O–H groups in total. The van der Waals surface area contributed by atoms with Crippen molar-refractivity contribution in [1.29, 1.82) is 0 Å². The number of esters is 1. The van der Waals surface area contributed by atoms with Gasteiger partial charge < -0.3 is 18.6 Å². The number of carbonyl (C=O) groups excluding carboxylic acids is 1. The van der Waals surface area contributed by atoms with Gasteiger partial charge >= 0.3 is 11.7 Å². The third kappa shape index (κ3) is 2.56. The van der Waals surface area contributed by atoms with E-state index in [-0.39, 0.29) is 34.2 Å². The highest BCUT2D eigenvalue weighted by Crippen LogP contribution is 2.30. The van der Waals surface area contributed by atoms with Crippen molar-refractivity contribution in [2.24, 2.45) is 0 Å². The van der Waals surface area contributed by atoms with Gasteiger partial charge in [0.25, 0.3) is 0 Å². The van der Waals surface area contributed by atoms with E-state index in [2.05, 4.69) is 15.0 Å². The molecular formula is C15H13N3O6. The van der Waals surface area contributed by atoms with Crippen molar-refractivity contribution in [3.05, 3.63) is 34.3 Å². The van der Waals surface area contributed by atoms with Crippen molar-refractivity contribution in [2.75, 3.05) is 21.3 Å². The van der Waals surface area contributed by atoms with E-state index in [1.165, 1.54) is 33.5 Å². The van der Waals surface area contributed by atoms with E-state index >= 15 is 0 Å². The van der Waals surface area contributed by atoms with Crippen LogP contribution in [-0.4, -0.2) is 42.3 Å². The van der Waals surface area contributed by atoms with Crippen LogP contribution in [0, 0.1) is 0 Å². The summed E-state index contributed by atoms with van der Waals surface area (Å²) in [6.07, 6.45) is 0. The van der Waals surface area contributed by atoms with Gasteiger partial charge in [0.1, 0.15) is 5.52 Å². The van der Waals surface area contributed by atoms with Crippen molar-refractivity contribution >= 4 is 17.1 Å². The highest BCUT2D eigenvalue weighted by atomic mass is 16.5. The number of rotatable bonds is 4. The van der Waals surface area contributed by atoms with Gasteiger partial charge in [-0.2, -0.15) is 9.97 Å². The van der Waals surface area contributed by atoms with E-state index in [4.69, 9.17) is 18.6 Å². The molecule has 0 radical (unpaired) electrons. The molecule has 0 bridgehead atoms. The molecule has 3 rings (SSSR count). The summed E-state index contributed by atoms with van der Waals surface area (Å²) in [5.74, 6) is -0.660. The van der Waals surface area contributed by atoms with Gasteiger partial charge in [0, 0.05) is 5.56 Å². The first-order chi connectivity index (χ1) is 11.6. The number of fused-ring (bicyclic) bond motifs is 1. The Bertz CT molecular complexity index is 953. The number of ether oxygens (including phenoxy) is 3. The summed E-state index contributed by atoms with van der Waals surface area (Å²) >= 11 is 0. The quantitative estimate of drug-likeness (QED) is 0.713. The Morgan fingerprint density at radius 2 is 1.79 bits per heavy atom. The normalized spacial score (nSPS) is 10.6. The Labute approximate surface area is 135 Å². The highest BCUT2D eigenvalue weighted by Gasteiger charge is 2.22. The standard InChI is InChI=1S/C15H13N3O6/c1-21-9-6-10(22-2)17-13(16-9)7-4-5-8-12(18-15(20)24-8)11(7)14(19)23-3/h4-6H,1-3H3,(H,18,20). The van der Waals surface area contributed by atoms with E-state index < -0.39 is 11.7 Å². The Morgan fingerprint density at radius 3 is 2.38 bits per heavy atom. The smallest absolute Gasteiger partial charge is 0.417 e. The summed E-state index contributed by atoms with van der Waals surface area (Å²) in [6, 6.07) is 4.59. The van der Waals surface area contributed by atoms with Gasteiger partial charge in [-0.3, -0.25) is 4.98 Å². The molecule has 2 aromatic heterocycles. The van der Waals surface area contributed by atoms with Crippen molar-refractivity contribution in [2.45, 2.75) is 0 Å². The summed E-state index contributed by atoms with van der Waals surface area (Å²) < 4.78 is 20.0. The first-order valence-electron chi connectivity index (χ1n) is 6.79. The number of methoxy groups -OCH3 is 3. The van der Waals surface area contributed by atoms with Crippen LogP contribution >= 0.6 is 0 Å². The fourth-order valence-electron chi connectivity index (χ4n) is 2.25. The molecule has 0 amide bonds. The molecule has 9 nitrogen and oxygen atoms in total. The molecule has 0 atom stereocenters. The van der Waals surface area contributed by atoms with E-state index in [0.717, 1.165) is 0 Å². The molecule has 0 saturated carbocycles. The summed E-state index contributed by atoms with van der Waals surface area (Å²) in [4.78, 5) is 34.6. The zero-order chi connectivity index (χ0) is 17.3. The van der Waals surface area contributed by atoms with Crippen molar-refractivity contribution in [3.63, 3.8) is 0 Å². The second kappa shape index (κ2) is 6.03. The maximum atomic E-state index is 12.2. The lowest BCUT2D eigenvalue weighted by atomic mass is 10.1. The lowest BCUT2D eigenvalue weighted by molar-refractivity contribution is 0.0603. The van der Waals surface area contributed by atoms with Gasteiger partial charge in [-0.05, 0) is 12.1 Å². The fraction of sp³-hybridized carbons (Fsp3) is 0.200. The second-order valence-corrected chi connectivity index (χ2v) is 4.64. The van der Waals surface area contributed by atoms with Crippen LogP contribution in [0.3, 0.4) is 0 Å².